The second-order valence-corrected chi connectivity index (χ2v) is 7.02. The van der Waals surface area contributed by atoms with E-state index in [1.807, 2.05) is 30.3 Å². The Bertz CT molecular complexity index is 761. The minimum absolute atomic E-state index is 0.0453. The first-order valence-corrected chi connectivity index (χ1v) is 9.29. The largest absolute Gasteiger partial charge is 0.324 e. The van der Waals surface area contributed by atoms with E-state index >= 15 is 0 Å². The van der Waals surface area contributed by atoms with Gasteiger partial charge in [-0.15, -0.1) is 0 Å². The van der Waals surface area contributed by atoms with Crippen molar-refractivity contribution in [3.63, 3.8) is 0 Å². The van der Waals surface area contributed by atoms with Gasteiger partial charge in [-0.3, -0.25) is 10.1 Å². The van der Waals surface area contributed by atoms with Crippen LogP contribution in [0.4, 0.5) is 9.18 Å². The maximum Gasteiger partial charge on any atom is 0.324 e. The summed E-state index contributed by atoms with van der Waals surface area (Å²) < 4.78 is 13.7. The van der Waals surface area contributed by atoms with Gasteiger partial charge in [-0.1, -0.05) is 36.4 Å². The number of amides is 3. The van der Waals surface area contributed by atoms with Crippen molar-refractivity contribution in [3.8, 4) is 11.1 Å². The maximum atomic E-state index is 13.7. The van der Waals surface area contributed by atoms with Gasteiger partial charge in [0.1, 0.15) is 5.82 Å². The summed E-state index contributed by atoms with van der Waals surface area (Å²) >= 11 is 1.79. The molecule has 0 bridgehead atoms. The maximum absolute atomic E-state index is 13.7. The topological polar surface area (TPSA) is 49.4 Å². The number of nitrogens with one attached hydrogen (secondary N) is 1. The number of urea groups is 1. The number of benzene rings is 2. The Morgan fingerprint density at radius 3 is 2.52 bits per heavy atom. The van der Waals surface area contributed by atoms with Crippen molar-refractivity contribution in [3.05, 3.63) is 59.9 Å². The van der Waals surface area contributed by atoms with Crippen LogP contribution in [-0.4, -0.2) is 41.4 Å². The highest BCUT2D eigenvalue weighted by molar-refractivity contribution is 7.99. The van der Waals surface area contributed by atoms with Crippen molar-refractivity contribution in [2.75, 3.05) is 24.6 Å². The van der Waals surface area contributed by atoms with Crippen molar-refractivity contribution in [2.24, 2.45) is 0 Å². The van der Waals surface area contributed by atoms with Gasteiger partial charge in [-0.25, -0.2) is 9.18 Å². The lowest BCUT2D eigenvalue weighted by atomic mass is 9.97. The molecule has 2 aromatic rings. The number of halogens is 1. The standard InChI is InChI=1S/C19H19FN2O2S/c20-16-6-7-17(14-4-2-1-3-5-14)15(12-16)13-18(23)21-19(24)22-8-10-25-11-9-22/h1-7,12H,8-11,13H2,(H,21,23,24). The van der Waals surface area contributed by atoms with Crippen LogP contribution in [0.1, 0.15) is 5.56 Å². The van der Waals surface area contributed by atoms with Crippen LogP contribution >= 0.6 is 11.8 Å². The number of carbonyl (C=O) groups excluding carboxylic acids is 2. The third-order valence-electron chi connectivity index (χ3n) is 4.05. The van der Waals surface area contributed by atoms with Crippen LogP contribution in [0.15, 0.2) is 48.5 Å². The molecule has 6 heteroatoms. The van der Waals surface area contributed by atoms with E-state index in [1.54, 1.807) is 22.7 Å². The van der Waals surface area contributed by atoms with Crippen LogP contribution in [0.2, 0.25) is 0 Å². The molecular formula is C19H19FN2O2S. The monoisotopic (exact) mass is 358 g/mol. The predicted molar refractivity (Wildman–Crippen MR) is 98.0 cm³/mol. The van der Waals surface area contributed by atoms with Crippen molar-refractivity contribution in [2.45, 2.75) is 6.42 Å². The van der Waals surface area contributed by atoms with Gasteiger partial charge in [-0.05, 0) is 28.8 Å². The number of rotatable bonds is 3. The summed E-state index contributed by atoms with van der Waals surface area (Å²) in [5.41, 5.74) is 2.26. The zero-order valence-corrected chi connectivity index (χ0v) is 14.5. The number of hydrogen-bond acceptors (Lipinski definition) is 3. The highest BCUT2D eigenvalue weighted by Gasteiger charge is 2.19. The average Bonchev–Trinajstić information content (AvgIpc) is 2.63. The molecule has 1 N–H and O–H groups in total. The molecule has 130 valence electrons. The van der Waals surface area contributed by atoms with Gasteiger partial charge in [0.05, 0.1) is 6.42 Å². The number of hydrogen-bond donors (Lipinski definition) is 1. The van der Waals surface area contributed by atoms with Crippen LogP contribution in [0, 0.1) is 5.82 Å². The Hall–Kier alpha value is -2.34. The molecule has 1 aliphatic heterocycles. The van der Waals surface area contributed by atoms with E-state index in [1.165, 1.54) is 12.1 Å². The quantitative estimate of drug-likeness (QED) is 0.916. The zero-order valence-electron chi connectivity index (χ0n) is 13.7. The summed E-state index contributed by atoms with van der Waals surface area (Å²) in [7, 11) is 0. The molecule has 3 rings (SSSR count). The third kappa shape index (κ3) is 4.60. The van der Waals surface area contributed by atoms with Crippen LogP contribution in [-0.2, 0) is 11.2 Å². The Kier molecular flexibility index (Phi) is 5.71. The van der Waals surface area contributed by atoms with E-state index in [9.17, 15) is 14.0 Å². The fraction of sp³-hybridized carbons (Fsp3) is 0.263. The minimum Gasteiger partial charge on any atom is -0.323 e. The lowest BCUT2D eigenvalue weighted by molar-refractivity contribution is -0.119. The molecule has 1 aliphatic rings. The molecular weight excluding hydrogens is 339 g/mol. The zero-order chi connectivity index (χ0) is 17.6. The number of imide groups is 1. The summed E-state index contributed by atoms with van der Waals surface area (Å²) in [6.45, 7) is 1.28. The van der Waals surface area contributed by atoms with Crippen molar-refractivity contribution in [1.29, 1.82) is 0 Å². The molecule has 1 fully saturated rings. The molecule has 2 aromatic carbocycles. The first-order valence-electron chi connectivity index (χ1n) is 8.14. The summed E-state index contributed by atoms with van der Waals surface area (Å²) in [5, 5.41) is 2.41. The molecule has 4 nitrogen and oxygen atoms in total. The van der Waals surface area contributed by atoms with Crippen molar-refractivity contribution < 1.29 is 14.0 Å². The van der Waals surface area contributed by atoms with Crippen molar-refractivity contribution in [1.82, 2.24) is 10.2 Å². The van der Waals surface area contributed by atoms with Gasteiger partial charge in [-0.2, -0.15) is 11.8 Å². The van der Waals surface area contributed by atoms with Gasteiger partial charge >= 0.3 is 6.03 Å². The SMILES string of the molecule is O=C(Cc1cc(F)ccc1-c1ccccc1)NC(=O)N1CCSCC1. The van der Waals surface area contributed by atoms with E-state index < -0.39 is 11.7 Å². The average molecular weight is 358 g/mol. The van der Waals surface area contributed by atoms with Gasteiger partial charge in [0, 0.05) is 24.6 Å². The summed E-state index contributed by atoms with van der Waals surface area (Å²) in [5.74, 6) is 0.931. The molecule has 0 saturated carbocycles. The molecule has 1 heterocycles. The molecule has 1 saturated heterocycles. The Morgan fingerprint density at radius 2 is 1.80 bits per heavy atom. The van der Waals surface area contributed by atoms with E-state index in [0.29, 0.717) is 18.7 Å². The first-order chi connectivity index (χ1) is 12.1. The summed E-state index contributed by atoms with van der Waals surface area (Å²) in [4.78, 5) is 26.0. The van der Waals surface area contributed by atoms with Crippen LogP contribution in [0.3, 0.4) is 0 Å². The van der Waals surface area contributed by atoms with Gasteiger partial charge in [0.15, 0.2) is 0 Å². The third-order valence-corrected chi connectivity index (χ3v) is 4.99. The number of nitrogens with zero attached hydrogens (tertiary/aromatic N) is 1. The van der Waals surface area contributed by atoms with E-state index in [0.717, 1.165) is 22.6 Å². The van der Waals surface area contributed by atoms with E-state index in [2.05, 4.69) is 5.32 Å². The second-order valence-electron chi connectivity index (χ2n) is 5.80. The Morgan fingerprint density at radius 1 is 1.08 bits per heavy atom. The van der Waals surface area contributed by atoms with Gasteiger partial charge < -0.3 is 4.90 Å². The van der Waals surface area contributed by atoms with Crippen LogP contribution < -0.4 is 5.32 Å². The van der Waals surface area contributed by atoms with E-state index in [4.69, 9.17) is 0 Å². The van der Waals surface area contributed by atoms with Crippen LogP contribution in [0.25, 0.3) is 11.1 Å². The predicted octanol–water partition coefficient (Wildman–Crippen LogP) is 3.32. The number of carbonyl (C=O) groups is 2. The molecule has 25 heavy (non-hydrogen) atoms. The molecule has 0 aliphatic carbocycles. The summed E-state index contributed by atoms with van der Waals surface area (Å²) in [6, 6.07) is 13.5. The summed E-state index contributed by atoms with van der Waals surface area (Å²) in [6.07, 6.45) is -0.0453. The lowest BCUT2D eigenvalue weighted by Gasteiger charge is -2.26. The first kappa shape index (κ1) is 17.5. The highest BCUT2D eigenvalue weighted by Crippen LogP contribution is 2.25. The molecule has 0 spiro atoms. The Labute approximate surface area is 150 Å². The van der Waals surface area contributed by atoms with Crippen LogP contribution in [0.5, 0.6) is 0 Å². The molecule has 0 unspecified atom stereocenters. The fourth-order valence-electron chi connectivity index (χ4n) is 2.79. The second kappa shape index (κ2) is 8.16. The molecule has 0 atom stereocenters. The highest BCUT2D eigenvalue weighted by atomic mass is 32.2. The fourth-order valence-corrected chi connectivity index (χ4v) is 3.69. The normalized spacial score (nSPS) is 14.2. The molecule has 0 aromatic heterocycles. The molecule has 0 radical (unpaired) electrons. The van der Waals surface area contributed by atoms with E-state index in [-0.39, 0.29) is 12.5 Å². The smallest absolute Gasteiger partial charge is 0.323 e. The lowest BCUT2D eigenvalue weighted by Crippen LogP contribution is -2.46. The minimum atomic E-state index is -0.425. The Balaban J connectivity index is 1.72. The van der Waals surface area contributed by atoms with Crippen molar-refractivity contribution >= 4 is 23.7 Å². The van der Waals surface area contributed by atoms with Gasteiger partial charge in [0.25, 0.3) is 0 Å². The molecule has 3 amide bonds. The number of thioether (sulfide) groups is 1. The van der Waals surface area contributed by atoms with Gasteiger partial charge in [0.2, 0.25) is 5.91 Å².